The Kier molecular flexibility index (Phi) is 3.84. The fourth-order valence-electron chi connectivity index (χ4n) is 3.23. The van der Waals surface area contributed by atoms with E-state index >= 15 is 0 Å². The molecule has 1 amide bonds. The standard InChI is InChI=1S/C19H16FN3O3/c1-26-17-7-11(5-6-16(17)24)14-9-18(25)22-19-15(14)10-21-23(19)13-4-2-3-12(20)8-13/h2-8,10,14,24H,9H2,1H3,(H,22,25)/t14-/m0/s1. The molecule has 1 atom stereocenters. The van der Waals surface area contributed by atoms with Gasteiger partial charge in [-0.05, 0) is 35.9 Å². The van der Waals surface area contributed by atoms with Crippen LogP contribution in [0.5, 0.6) is 11.5 Å². The number of hydrogen-bond donors (Lipinski definition) is 2. The number of benzene rings is 2. The highest BCUT2D eigenvalue weighted by Gasteiger charge is 2.30. The van der Waals surface area contributed by atoms with E-state index in [-0.39, 0.29) is 29.8 Å². The van der Waals surface area contributed by atoms with Crippen LogP contribution < -0.4 is 10.1 Å². The minimum atomic E-state index is -0.381. The number of fused-ring (bicyclic) bond motifs is 1. The van der Waals surface area contributed by atoms with Gasteiger partial charge in [0.15, 0.2) is 11.5 Å². The molecule has 0 saturated carbocycles. The van der Waals surface area contributed by atoms with Gasteiger partial charge in [0, 0.05) is 17.9 Å². The fourth-order valence-corrected chi connectivity index (χ4v) is 3.23. The van der Waals surface area contributed by atoms with Crippen LogP contribution in [-0.2, 0) is 4.79 Å². The van der Waals surface area contributed by atoms with Crippen molar-refractivity contribution in [1.29, 1.82) is 0 Å². The predicted octanol–water partition coefficient (Wildman–Crippen LogP) is 3.20. The van der Waals surface area contributed by atoms with Crippen molar-refractivity contribution >= 4 is 11.7 Å². The number of aromatic nitrogens is 2. The molecule has 26 heavy (non-hydrogen) atoms. The largest absolute Gasteiger partial charge is 0.504 e. The van der Waals surface area contributed by atoms with Gasteiger partial charge >= 0.3 is 0 Å². The third-order valence-corrected chi connectivity index (χ3v) is 4.48. The van der Waals surface area contributed by atoms with Crippen LogP contribution in [0.25, 0.3) is 5.69 Å². The first-order valence-electron chi connectivity index (χ1n) is 8.07. The number of carbonyl (C=O) groups excluding carboxylic acids is 1. The molecule has 0 radical (unpaired) electrons. The summed E-state index contributed by atoms with van der Waals surface area (Å²) in [7, 11) is 1.47. The van der Waals surface area contributed by atoms with Crippen LogP contribution in [0.2, 0.25) is 0 Å². The summed E-state index contributed by atoms with van der Waals surface area (Å²) < 4.78 is 20.2. The first-order valence-corrected chi connectivity index (χ1v) is 8.07. The van der Waals surface area contributed by atoms with Gasteiger partial charge in [0.25, 0.3) is 0 Å². The number of amides is 1. The van der Waals surface area contributed by atoms with Crippen LogP contribution in [0.15, 0.2) is 48.7 Å². The number of halogens is 1. The first kappa shape index (κ1) is 16.1. The predicted molar refractivity (Wildman–Crippen MR) is 93.3 cm³/mol. The minimum Gasteiger partial charge on any atom is -0.504 e. The molecular weight excluding hydrogens is 337 g/mol. The van der Waals surface area contributed by atoms with Gasteiger partial charge < -0.3 is 15.2 Å². The summed E-state index contributed by atoms with van der Waals surface area (Å²) in [5.41, 5.74) is 2.17. The van der Waals surface area contributed by atoms with Crippen molar-refractivity contribution in [2.45, 2.75) is 12.3 Å². The smallest absolute Gasteiger partial charge is 0.226 e. The highest BCUT2D eigenvalue weighted by atomic mass is 19.1. The van der Waals surface area contributed by atoms with Gasteiger partial charge in [0.05, 0.1) is 19.0 Å². The number of hydrogen-bond acceptors (Lipinski definition) is 4. The second-order valence-electron chi connectivity index (χ2n) is 6.08. The van der Waals surface area contributed by atoms with E-state index in [4.69, 9.17) is 4.74 Å². The average Bonchev–Trinajstić information content (AvgIpc) is 3.05. The topological polar surface area (TPSA) is 76.4 Å². The summed E-state index contributed by atoms with van der Waals surface area (Å²) in [4.78, 5) is 12.3. The molecule has 0 aliphatic carbocycles. The number of methoxy groups -OCH3 is 1. The minimum absolute atomic E-state index is 0.0344. The molecule has 0 spiro atoms. The number of nitrogens with one attached hydrogen (secondary N) is 1. The Bertz CT molecular complexity index is 999. The lowest BCUT2D eigenvalue weighted by Gasteiger charge is -2.24. The van der Waals surface area contributed by atoms with Gasteiger partial charge in [-0.2, -0.15) is 5.10 Å². The normalized spacial score (nSPS) is 16.1. The maximum Gasteiger partial charge on any atom is 0.226 e. The van der Waals surface area contributed by atoms with E-state index in [0.29, 0.717) is 17.3 Å². The molecule has 0 unspecified atom stereocenters. The number of anilines is 1. The molecule has 1 aliphatic heterocycles. The van der Waals surface area contributed by atoms with Crippen molar-refractivity contribution in [3.8, 4) is 17.2 Å². The zero-order valence-corrected chi connectivity index (χ0v) is 13.9. The second-order valence-corrected chi connectivity index (χ2v) is 6.08. The van der Waals surface area contributed by atoms with Gasteiger partial charge in [0.1, 0.15) is 11.6 Å². The van der Waals surface area contributed by atoms with Crippen LogP contribution in [0, 0.1) is 5.82 Å². The molecule has 1 aliphatic rings. The van der Waals surface area contributed by atoms with Crippen LogP contribution >= 0.6 is 0 Å². The lowest BCUT2D eigenvalue weighted by Crippen LogP contribution is -2.24. The maximum absolute atomic E-state index is 13.6. The van der Waals surface area contributed by atoms with Crippen LogP contribution in [0.1, 0.15) is 23.5 Å². The van der Waals surface area contributed by atoms with Crippen LogP contribution in [0.4, 0.5) is 10.2 Å². The molecular formula is C19H16FN3O3. The van der Waals surface area contributed by atoms with E-state index < -0.39 is 0 Å². The van der Waals surface area contributed by atoms with E-state index in [1.807, 2.05) is 0 Å². The third-order valence-electron chi connectivity index (χ3n) is 4.48. The van der Waals surface area contributed by atoms with Crippen molar-refractivity contribution in [1.82, 2.24) is 9.78 Å². The molecule has 1 aromatic heterocycles. The van der Waals surface area contributed by atoms with E-state index in [1.165, 1.54) is 30.0 Å². The van der Waals surface area contributed by atoms with Crippen LogP contribution in [0.3, 0.4) is 0 Å². The zero-order valence-electron chi connectivity index (χ0n) is 13.9. The molecule has 2 aromatic carbocycles. The van der Waals surface area contributed by atoms with Gasteiger partial charge in [-0.15, -0.1) is 0 Å². The van der Waals surface area contributed by atoms with E-state index in [0.717, 1.165) is 11.1 Å². The summed E-state index contributed by atoms with van der Waals surface area (Å²) in [6.07, 6.45) is 1.92. The van der Waals surface area contributed by atoms with Gasteiger partial charge in [-0.25, -0.2) is 9.07 Å². The Hall–Kier alpha value is -3.35. The van der Waals surface area contributed by atoms with Crippen molar-refractivity contribution < 1.29 is 19.0 Å². The summed E-state index contributed by atoms with van der Waals surface area (Å²) in [5.74, 6) is 0.112. The highest BCUT2D eigenvalue weighted by molar-refractivity contribution is 5.94. The van der Waals surface area contributed by atoms with Gasteiger partial charge in [-0.3, -0.25) is 4.79 Å². The van der Waals surface area contributed by atoms with Crippen molar-refractivity contribution in [2.75, 3.05) is 12.4 Å². The molecule has 6 nitrogen and oxygen atoms in total. The number of ether oxygens (including phenoxy) is 1. The lowest BCUT2D eigenvalue weighted by atomic mass is 9.87. The molecule has 2 heterocycles. The molecule has 132 valence electrons. The Morgan fingerprint density at radius 2 is 2.15 bits per heavy atom. The monoisotopic (exact) mass is 353 g/mol. The number of carbonyl (C=O) groups is 1. The summed E-state index contributed by atoms with van der Waals surface area (Å²) in [6.45, 7) is 0. The average molecular weight is 353 g/mol. The Labute approximate surface area is 148 Å². The maximum atomic E-state index is 13.6. The van der Waals surface area contributed by atoms with E-state index in [2.05, 4.69) is 10.4 Å². The number of phenolic OH excluding ortho intramolecular Hbond substituents is 1. The summed E-state index contributed by atoms with van der Waals surface area (Å²) in [6, 6.07) is 11.0. The van der Waals surface area contributed by atoms with Crippen molar-refractivity contribution in [3.05, 3.63) is 65.6 Å². The second kappa shape index (κ2) is 6.18. The molecule has 4 rings (SSSR count). The summed E-state index contributed by atoms with van der Waals surface area (Å²) in [5, 5.41) is 17.0. The van der Waals surface area contributed by atoms with Gasteiger partial charge in [-0.1, -0.05) is 12.1 Å². The first-order chi connectivity index (χ1) is 12.6. The lowest BCUT2D eigenvalue weighted by molar-refractivity contribution is -0.116. The molecule has 0 saturated heterocycles. The SMILES string of the molecule is COc1cc([C@@H]2CC(=O)Nc3c2cnn3-c2cccc(F)c2)ccc1O. The fraction of sp³-hybridized carbons (Fsp3) is 0.158. The summed E-state index contributed by atoms with van der Waals surface area (Å²) >= 11 is 0. The number of rotatable bonds is 3. The van der Waals surface area contributed by atoms with E-state index in [1.54, 1.807) is 30.5 Å². The Morgan fingerprint density at radius 3 is 2.92 bits per heavy atom. The van der Waals surface area contributed by atoms with E-state index in [9.17, 15) is 14.3 Å². The van der Waals surface area contributed by atoms with Crippen molar-refractivity contribution in [2.24, 2.45) is 0 Å². The number of aromatic hydroxyl groups is 1. The quantitative estimate of drug-likeness (QED) is 0.758. The molecule has 0 bridgehead atoms. The number of nitrogens with zero attached hydrogens (tertiary/aromatic N) is 2. The van der Waals surface area contributed by atoms with Crippen molar-refractivity contribution in [3.63, 3.8) is 0 Å². The van der Waals surface area contributed by atoms with Crippen LogP contribution in [-0.4, -0.2) is 27.9 Å². The highest BCUT2D eigenvalue weighted by Crippen LogP contribution is 2.40. The molecule has 2 N–H and O–H groups in total. The molecule has 3 aromatic rings. The third kappa shape index (κ3) is 2.67. The molecule has 7 heteroatoms. The zero-order chi connectivity index (χ0) is 18.3. The Balaban J connectivity index is 1.81. The van der Waals surface area contributed by atoms with Gasteiger partial charge in [0.2, 0.25) is 5.91 Å². The number of phenols is 1. The Morgan fingerprint density at radius 1 is 1.31 bits per heavy atom. The molecule has 0 fully saturated rings.